The van der Waals surface area contributed by atoms with E-state index in [-0.39, 0.29) is 12.1 Å². The molecule has 0 amide bonds. The van der Waals surface area contributed by atoms with E-state index in [9.17, 15) is 9.90 Å². The largest absolute Gasteiger partial charge is 0.389 e. The monoisotopic (exact) mass is 376 g/mol. The summed E-state index contributed by atoms with van der Waals surface area (Å²) in [7, 11) is 0. The van der Waals surface area contributed by atoms with Gasteiger partial charge >= 0.3 is 0 Å². The number of pyridine rings is 2. The first-order chi connectivity index (χ1) is 13.3. The summed E-state index contributed by atoms with van der Waals surface area (Å²) in [4.78, 5) is 26.7. The van der Waals surface area contributed by atoms with Gasteiger partial charge in [0.25, 0.3) is 5.56 Å². The van der Waals surface area contributed by atoms with Gasteiger partial charge in [-0.3, -0.25) is 19.4 Å². The van der Waals surface area contributed by atoms with Gasteiger partial charge in [0.2, 0.25) is 0 Å². The summed E-state index contributed by atoms with van der Waals surface area (Å²) < 4.78 is 1.41. The molecular formula is C20H20N6O2. The van der Waals surface area contributed by atoms with Crippen molar-refractivity contribution in [2.75, 3.05) is 0 Å². The molecule has 0 spiro atoms. The molecule has 0 unspecified atom stereocenters. The van der Waals surface area contributed by atoms with Gasteiger partial charge in [-0.05, 0) is 38.5 Å². The lowest BCUT2D eigenvalue weighted by Crippen LogP contribution is -2.33. The first-order valence-corrected chi connectivity index (χ1v) is 8.86. The van der Waals surface area contributed by atoms with Crippen molar-refractivity contribution in [1.29, 1.82) is 0 Å². The summed E-state index contributed by atoms with van der Waals surface area (Å²) >= 11 is 0. The third kappa shape index (κ3) is 3.41. The van der Waals surface area contributed by atoms with Crippen molar-refractivity contribution in [1.82, 2.24) is 29.7 Å². The number of aryl methyl sites for hydroxylation is 1. The summed E-state index contributed by atoms with van der Waals surface area (Å²) in [5, 5.41) is 17.3. The highest BCUT2D eigenvalue weighted by molar-refractivity contribution is 5.92. The predicted octanol–water partition coefficient (Wildman–Crippen LogP) is 2.32. The highest BCUT2D eigenvalue weighted by atomic mass is 16.3. The molecule has 4 aromatic heterocycles. The Hall–Kier alpha value is -3.39. The summed E-state index contributed by atoms with van der Waals surface area (Å²) in [6, 6.07) is 5.52. The fourth-order valence-electron chi connectivity index (χ4n) is 3.03. The van der Waals surface area contributed by atoms with Crippen LogP contribution in [0.1, 0.15) is 19.4 Å². The molecule has 4 heterocycles. The van der Waals surface area contributed by atoms with E-state index in [1.54, 1.807) is 38.5 Å². The fraction of sp³-hybridized carbons (Fsp3) is 0.250. The van der Waals surface area contributed by atoms with E-state index in [0.29, 0.717) is 28.0 Å². The zero-order valence-corrected chi connectivity index (χ0v) is 15.8. The highest BCUT2D eigenvalue weighted by Crippen LogP contribution is 2.27. The molecule has 0 radical (unpaired) electrons. The first-order valence-electron chi connectivity index (χ1n) is 8.86. The van der Waals surface area contributed by atoms with Crippen LogP contribution in [0.15, 0.2) is 47.9 Å². The molecule has 0 saturated carbocycles. The Kier molecular flexibility index (Phi) is 4.27. The molecule has 0 aliphatic rings. The lowest BCUT2D eigenvalue weighted by molar-refractivity contribution is 0.0603. The summed E-state index contributed by atoms with van der Waals surface area (Å²) in [5.41, 5.74) is 2.75. The van der Waals surface area contributed by atoms with Gasteiger partial charge in [0, 0.05) is 18.0 Å². The van der Waals surface area contributed by atoms with Gasteiger partial charge in [0.05, 0.1) is 41.4 Å². The summed E-state index contributed by atoms with van der Waals surface area (Å²) in [6.45, 7) is 5.39. The van der Waals surface area contributed by atoms with Crippen LogP contribution in [0.5, 0.6) is 0 Å². The van der Waals surface area contributed by atoms with Gasteiger partial charge in [0.1, 0.15) is 11.2 Å². The van der Waals surface area contributed by atoms with Crippen molar-refractivity contribution in [2.45, 2.75) is 32.9 Å². The van der Waals surface area contributed by atoms with Gasteiger partial charge in [-0.15, -0.1) is 0 Å². The Labute approximate surface area is 160 Å². The van der Waals surface area contributed by atoms with Crippen LogP contribution in [-0.4, -0.2) is 40.4 Å². The van der Waals surface area contributed by atoms with Crippen molar-refractivity contribution in [3.63, 3.8) is 0 Å². The number of nitrogens with one attached hydrogen (secondary N) is 1. The van der Waals surface area contributed by atoms with E-state index in [1.807, 2.05) is 19.1 Å². The number of aliphatic hydroxyl groups is 1. The smallest absolute Gasteiger partial charge is 0.261 e. The molecule has 0 aromatic carbocycles. The maximum atomic E-state index is 13.1. The van der Waals surface area contributed by atoms with Gasteiger partial charge in [-0.25, -0.2) is 9.97 Å². The van der Waals surface area contributed by atoms with E-state index >= 15 is 0 Å². The molecule has 8 heteroatoms. The third-order valence-electron chi connectivity index (χ3n) is 4.31. The zero-order chi connectivity index (χ0) is 19.9. The van der Waals surface area contributed by atoms with Crippen LogP contribution in [0, 0.1) is 6.92 Å². The van der Waals surface area contributed by atoms with Crippen LogP contribution in [0.4, 0.5) is 0 Å². The van der Waals surface area contributed by atoms with Gasteiger partial charge in [-0.1, -0.05) is 6.07 Å². The first kappa shape index (κ1) is 18.0. The molecule has 0 atom stereocenters. The second-order valence-corrected chi connectivity index (χ2v) is 7.45. The molecule has 4 aromatic rings. The maximum Gasteiger partial charge on any atom is 0.261 e. The number of fused-ring (bicyclic) bond motifs is 1. The quantitative estimate of drug-likeness (QED) is 0.566. The molecule has 0 aliphatic heterocycles. The second-order valence-electron chi connectivity index (χ2n) is 7.45. The number of H-pyrrole nitrogens is 1. The minimum Gasteiger partial charge on any atom is -0.389 e. The van der Waals surface area contributed by atoms with Crippen molar-refractivity contribution in [2.24, 2.45) is 0 Å². The standard InChI is InChI=1S/C20H20N6O2/c1-12-4-5-15(21-7-12)16-6-14-18(17(25-16)13-8-23-24-9-13)22-11-26(19(14)27)10-20(2,3)28/h4-9,11,28H,10H2,1-3H3,(H,23,24). The number of rotatable bonds is 4. The van der Waals surface area contributed by atoms with Crippen molar-refractivity contribution in [3.05, 3.63) is 59.0 Å². The van der Waals surface area contributed by atoms with Crippen LogP contribution in [0.25, 0.3) is 33.5 Å². The molecule has 28 heavy (non-hydrogen) atoms. The second kappa shape index (κ2) is 6.65. The summed E-state index contributed by atoms with van der Waals surface area (Å²) in [5.74, 6) is 0. The van der Waals surface area contributed by atoms with Gasteiger partial charge < -0.3 is 5.11 Å². The molecule has 4 rings (SSSR count). The van der Waals surface area contributed by atoms with E-state index in [2.05, 4.69) is 20.2 Å². The molecule has 2 N–H and O–H groups in total. The molecule has 8 nitrogen and oxygen atoms in total. The van der Waals surface area contributed by atoms with E-state index in [4.69, 9.17) is 4.98 Å². The Bertz CT molecular complexity index is 1190. The maximum absolute atomic E-state index is 13.1. The average Bonchev–Trinajstić information content (AvgIpc) is 3.17. The number of nitrogens with zero attached hydrogens (tertiary/aromatic N) is 5. The number of hydrogen-bond acceptors (Lipinski definition) is 6. The topological polar surface area (TPSA) is 110 Å². The molecule has 0 fully saturated rings. The lowest BCUT2D eigenvalue weighted by Gasteiger charge is -2.18. The fourth-order valence-corrected chi connectivity index (χ4v) is 3.03. The molecule has 0 saturated heterocycles. The van der Waals surface area contributed by atoms with Crippen molar-refractivity contribution in [3.8, 4) is 22.6 Å². The number of hydrogen-bond donors (Lipinski definition) is 2. The molecule has 0 aliphatic carbocycles. The lowest BCUT2D eigenvalue weighted by atomic mass is 10.1. The van der Waals surface area contributed by atoms with E-state index < -0.39 is 5.60 Å². The Morgan fingerprint density at radius 2 is 2.00 bits per heavy atom. The van der Waals surface area contributed by atoms with Crippen LogP contribution >= 0.6 is 0 Å². The third-order valence-corrected chi connectivity index (χ3v) is 4.31. The predicted molar refractivity (Wildman–Crippen MR) is 106 cm³/mol. The minimum absolute atomic E-state index is 0.135. The van der Waals surface area contributed by atoms with Crippen molar-refractivity contribution >= 4 is 10.9 Å². The van der Waals surface area contributed by atoms with Gasteiger partial charge in [-0.2, -0.15) is 5.10 Å². The van der Waals surface area contributed by atoms with Crippen molar-refractivity contribution < 1.29 is 5.11 Å². The van der Waals surface area contributed by atoms with Gasteiger partial charge in [0.15, 0.2) is 0 Å². The van der Waals surface area contributed by atoms with Crippen LogP contribution in [0.3, 0.4) is 0 Å². The molecule has 142 valence electrons. The van der Waals surface area contributed by atoms with E-state index in [1.165, 1.54) is 10.9 Å². The van der Waals surface area contributed by atoms with Crippen LogP contribution in [-0.2, 0) is 6.54 Å². The number of aromatic amines is 1. The Morgan fingerprint density at radius 3 is 2.64 bits per heavy atom. The van der Waals surface area contributed by atoms with Crippen LogP contribution in [0.2, 0.25) is 0 Å². The Morgan fingerprint density at radius 1 is 1.18 bits per heavy atom. The molecule has 0 bridgehead atoms. The number of aromatic nitrogens is 6. The average molecular weight is 376 g/mol. The molecular weight excluding hydrogens is 356 g/mol. The zero-order valence-electron chi connectivity index (χ0n) is 15.8. The minimum atomic E-state index is -1.04. The normalized spacial score (nSPS) is 11.9. The van der Waals surface area contributed by atoms with Crippen LogP contribution < -0.4 is 5.56 Å². The summed E-state index contributed by atoms with van der Waals surface area (Å²) in [6.07, 6.45) is 6.54. The SMILES string of the molecule is Cc1ccc(-c2cc3c(=O)n(CC(C)(C)O)cnc3c(-c3cn[nH]c3)n2)nc1. The highest BCUT2D eigenvalue weighted by Gasteiger charge is 2.19. The van der Waals surface area contributed by atoms with E-state index in [0.717, 1.165) is 11.1 Å². The Balaban J connectivity index is 2.00.